The van der Waals surface area contributed by atoms with E-state index in [2.05, 4.69) is 27.7 Å². The number of hydrogen-bond donors (Lipinski definition) is 2. The highest BCUT2D eigenvalue weighted by Crippen LogP contribution is 2.35. The number of hydrogen-bond acceptors (Lipinski definition) is 4. The van der Waals surface area contributed by atoms with E-state index in [1.54, 1.807) is 6.07 Å². The fraction of sp³-hybridized carbons (Fsp3) is 0.300. The lowest BCUT2D eigenvalue weighted by Crippen LogP contribution is -2.29. The fourth-order valence-electron chi connectivity index (χ4n) is 2.78. The van der Waals surface area contributed by atoms with E-state index in [-0.39, 0.29) is 17.1 Å². The summed E-state index contributed by atoms with van der Waals surface area (Å²) in [7, 11) is 2.04. The zero-order valence-electron chi connectivity index (χ0n) is 15.0. The minimum Gasteiger partial charge on any atom is -0.375 e. The van der Waals surface area contributed by atoms with Crippen LogP contribution in [0.3, 0.4) is 0 Å². The average Bonchev–Trinajstić information content (AvgIpc) is 2.66. The van der Waals surface area contributed by atoms with Crippen LogP contribution in [0.5, 0.6) is 0 Å². The zero-order chi connectivity index (χ0) is 18.5. The molecule has 0 aliphatic carbocycles. The van der Waals surface area contributed by atoms with Crippen molar-refractivity contribution in [3.05, 3.63) is 54.1 Å². The fourth-order valence-corrected chi connectivity index (χ4v) is 3.71. The van der Waals surface area contributed by atoms with Crippen LogP contribution in [0.1, 0.15) is 23.7 Å². The van der Waals surface area contributed by atoms with E-state index < -0.39 is 0 Å². The van der Waals surface area contributed by atoms with Crippen molar-refractivity contribution in [3.8, 4) is 0 Å². The summed E-state index contributed by atoms with van der Waals surface area (Å²) in [5.41, 5.74) is 2.45. The third-order valence-corrected chi connectivity index (χ3v) is 5.50. The number of amides is 2. The maximum atomic E-state index is 12.3. The van der Waals surface area contributed by atoms with Crippen molar-refractivity contribution in [1.82, 2.24) is 5.32 Å². The lowest BCUT2D eigenvalue weighted by molar-refractivity contribution is -0.115. The number of carbonyl (C=O) groups is 2. The molecule has 3 rings (SSSR count). The number of benzene rings is 2. The van der Waals surface area contributed by atoms with Crippen molar-refractivity contribution in [2.75, 3.05) is 30.4 Å². The molecule has 0 bridgehead atoms. The van der Waals surface area contributed by atoms with Gasteiger partial charge in [-0.3, -0.25) is 9.59 Å². The highest BCUT2D eigenvalue weighted by Gasteiger charge is 2.23. The Hall–Kier alpha value is -2.47. The number of carbonyl (C=O) groups excluding carboxylic acids is 2. The standard InChI is InChI=1S/C20H23N3O2S/c1-14-19(24)22-17-13-15(9-10-18(17)26-14)20(25)21-11-6-12-23(2)16-7-4-3-5-8-16/h3-5,7-10,13-14H,6,11-12H2,1-2H3,(H,21,25)(H,22,24). The predicted molar refractivity (Wildman–Crippen MR) is 107 cm³/mol. The Morgan fingerprint density at radius 2 is 2.00 bits per heavy atom. The van der Waals surface area contributed by atoms with Gasteiger partial charge in [0.1, 0.15) is 0 Å². The first-order valence-electron chi connectivity index (χ1n) is 8.70. The molecule has 2 amide bonds. The lowest BCUT2D eigenvalue weighted by atomic mass is 10.1. The average molecular weight is 369 g/mol. The molecule has 2 aromatic carbocycles. The van der Waals surface area contributed by atoms with Gasteiger partial charge in [-0.1, -0.05) is 18.2 Å². The van der Waals surface area contributed by atoms with Gasteiger partial charge in [-0.15, -0.1) is 11.8 Å². The Morgan fingerprint density at radius 3 is 2.77 bits per heavy atom. The summed E-state index contributed by atoms with van der Waals surface area (Å²) in [6.45, 7) is 3.33. The van der Waals surface area contributed by atoms with Crippen LogP contribution in [0.2, 0.25) is 0 Å². The molecule has 0 radical (unpaired) electrons. The van der Waals surface area contributed by atoms with Crippen LogP contribution in [-0.4, -0.2) is 37.2 Å². The van der Waals surface area contributed by atoms with Crippen LogP contribution >= 0.6 is 11.8 Å². The van der Waals surface area contributed by atoms with E-state index in [4.69, 9.17) is 0 Å². The van der Waals surface area contributed by atoms with Gasteiger partial charge < -0.3 is 15.5 Å². The summed E-state index contributed by atoms with van der Waals surface area (Å²) >= 11 is 1.51. The molecule has 6 heteroatoms. The van der Waals surface area contributed by atoms with Gasteiger partial charge in [0.15, 0.2) is 0 Å². The molecule has 1 aliphatic heterocycles. The Bertz CT molecular complexity index is 795. The van der Waals surface area contributed by atoms with E-state index >= 15 is 0 Å². The second-order valence-electron chi connectivity index (χ2n) is 6.33. The molecule has 0 spiro atoms. The van der Waals surface area contributed by atoms with Crippen molar-refractivity contribution in [2.45, 2.75) is 23.5 Å². The quantitative estimate of drug-likeness (QED) is 0.767. The number of nitrogens with zero attached hydrogens (tertiary/aromatic N) is 1. The van der Waals surface area contributed by atoms with Gasteiger partial charge in [-0.2, -0.15) is 0 Å². The van der Waals surface area contributed by atoms with E-state index in [0.29, 0.717) is 12.1 Å². The first-order chi connectivity index (χ1) is 12.5. The number of nitrogens with one attached hydrogen (secondary N) is 2. The summed E-state index contributed by atoms with van der Waals surface area (Å²) in [6.07, 6.45) is 0.853. The largest absolute Gasteiger partial charge is 0.375 e. The normalized spacial score (nSPS) is 15.8. The molecule has 0 saturated carbocycles. The molecule has 136 valence electrons. The van der Waals surface area contributed by atoms with Crippen LogP contribution < -0.4 is 15.5 Å². The zero-order valence-corrected chi connectivity index (χ0v) is 15.8. The Labute approximate surface area is 158 Å². The van der Waals surface area contributed by atoms with Crippen LogP contribution in [0.4, 0.5) is 11.4 Å². The van der Waals surface area contributed by atoms with Gasteiger partial charge in [0.2, 0.25) is 5.91 Å². The smallest absolute Gasteiger partial charge is 0.251 e. The molecule has 2 N–H and O–H groups in total. The van der Waals surface area contributed by atoms with Crippen molar-refractivity contribution < 1.29 is 9.59 Å². The molecule has 1 unspecified atom stereocenters. The van der Waals surface area contributed by atoms with Crippen LogP contribution in [0, 0.1) is 0 Å². The molecular weight excluding hydrogens is 346 g/mol. The van der Waals surface area contributed by atoms with Gasteiger partial charge in [0.05, 0.1) is 10.9 Å². The molecular formula is C20H23N3O2S. The maximum absolute atomic E-state index is 12.3. The molecule has 0 fully saturated rings. The molecule has 1 atom stereocenters. The molecule has 0 saturated heterocycles. The maximum Gasteiger partial charge on any atom is 0.251 e. The Balaban J connectivity index is 1.50. The number of para-hydroxylation sites is 1. The number of fused-ring (bicyclic) bond motifs is 1. The highest BCUT2D eigenvalue weighted by atomic mass is 32.2. The SMILES string of the molecule is CC1Sc2ccc(C(=O)NCCCN(C)c3ccccc3)cc2NC1=O. The van der Waals surface area contributed by atoms with Crippen molar-refractivity contribution in [2.24, 2.45) is 0 Å². The minimum atomic E-state index is -0.118. The molecule has 1 heterocycles. The Kier molecular flexibility index (Phi) is 5.83. The summed E-state index contributed by atoms with van der Waals surface area (Å²) < 4.78 is 0. The predicted octanol–water partition coefficient (Wildman–Crippen LogP) is 3.38. The summed E-state index contributed by atoms with van der Waals surface area (Å²) in [6, 6.07) is 15.6. The van der Waals surface area contributed by atoms with Crippen molar-refractivity contribution in [1.29, 1.82) is 0 Å². The molecule has 0 aromatic heterocycles. The second-order valence-corrected chi connectivity index (χ2v) is 7.71. The number of anilines is 2. The summed E-state index contributed by atoms with van der Waals surface area (Å²) in [5.74, 6) is -0.142. The van der Waals surface area contributed by atoms with Gasteiger partial charge >= 0.3 is 0 Å². The van der Waals surface area contributed by atoms with E-state index in [1.165, 1.54) is 11.8 Å². The molecule has 1 aliphatic rings. The van der Waals surface area contributed by atoms with Crippen molar-refractivity contribution >= 4 is 35.0 Å². The number of thioether (sulfide) groups is 1. The molecule has 2 aromatic rings. The van der Waals surface area contributed by atoms with Gasteiger partial charge in [-0.25, -0.2) is 0 Å². The van der Waals surface area contributed by atoms with E-state index in [0.717, 1.165) is 29.2 Å². The van der Waals surface area contributed by atoms with E-state index in [1.807, 2.05) is 44.3 Å². The monoisotopic (exact) mass is 369 g/mol. The summed E-state index contributed by atoms with van der Waals surface area (Å²) in [4.78, 5) is 27.3. The topological polar surface area (TPSA) is 61.4 Å². The minimum absolute atomic E-state index is 0.0241. The second kappa shape index (κ2) is 8.27. The lowest BCUT2D eigenvalue weighted by Gasteiger charge is -2.22. The molecule has 5 nitrogen and oxygen atoms in total. The van der Waals surface area contributed by atoms with E-state index in [9.17, 15) is 9.59 Å². The van der Waals surface area contributed by atoms with Gasteiger partial charge in [-0.05, 0) is 43.7 Å². The van der Waals surface area contributed by atoms with Gasteiger partial charge in [0.25, 0.3) is 5.91 Å². The first kappa shape index (κ1) is 18.3. The summed E-state index contributed by atoms with van der Waals surface area (Å²) in [5, 5.41) is 5.70. The van der Waals surface area contributed by atoms with Gasteiger partial charge in [0, 0.05) is 36.3 Å². The van der Waals surface area contributed by atoms with Crippen molar-refractivity contribution in [3.63, 3.8) is 0 Å². The first-order valence-corrected chi connectivity index (χ1v) is 9.58. The molecule has 26 heavy (non-hydrogen) atoms. The van der Waals surface area contributed by atoms with Crippen LogP contribution in [-0.2, 0) is 4.79 Å². The number of rotatable bonds is 6. The highest BCUT2D eigenvalue weighted by molar-refractivity contribution is 8.00. The third-order valence-electron chi connectivity index (χ3n) is 4.33. The third kappa shape index (κ3) is 4.38. The Morgan fingerprint density at radius 1 is 1.23 bits per heavy atom. The van der Waals surface area contributed by atoms with Crippen LogP contribution in [0.15, 0.2) is 53.4 Å². The van der Waals surface area contributed by atoms with Crippen LogP contribution in [0.25, 0.3) is 0 Å².